The molecule has 1 aliphatic rings. The SMILES string of the molecule is C[N+](C)(C)CCOP(=O)([O-])O.Nc1ncnc2c1ncn2[C@@H]1O[C@H](CO)[C@@H](O)[C@H]1O. The highest BCUT2D eigenvalue weighted by molar-refractivity contribution is 7.44. The van der Waals surface area contributed by atoms with Crippen molar-refractivity contribution in [3.05, 3.63) is 12.7 Å². The lowest BCUT2D eigenvalue weighted by Gasteiger charge is -2.25. The number of nitrogens with zero attached hydrogens (tertiary/aromatic N) is 5. The van der Waals surface area contributed by atoms with Crippen LogP contribution in [0, 0.1) is 0 Å². The van der Waals surface area contributed by atoms with Gasteiger partial charge in [-0.15, -0.1) is 0 Å². The van der Waals surface area contributed by atoms with Gasteiger partial charge in [-0.2, -0.15) is 0 Å². The molecule has 1 saturated heterocycles. The molecule has 0 radical (unpaired) electrons. The highest BCUT2D eigenvalue weighted by Crippen LogP contribution is 2.31. The van der Waals surface area contributed by atoms with Crippen LogP contribution in [0.3, 0.4) is 0 Å². The topological polar surface area (TPSA) is 209 Å². The van der Waals surface area contributed by atoms with Gasteiger partial charge in [-0.05, 0) is 0 Å². The highest BCUT2D eigenvalue weighted by Gasteiger charge is 2.43. The van der Waals surface area contributed by atoms with Gasteiger partial charge in [0.2, 0.25) is 0 Å². The number of anilines is 1. The first kappa shape index (κ1) is 24.5. The predicted octanol–water partition coefficient (Wildman–Crippen LogP) is -2.81. The van der Waals surface area contributed by atoms with Gasteiger partial charge in [0.1, 0.15) is 43.3 Å². The number of quaternary nitrogens is 1. The Morgan fingerprint density at radius 2 is 1.97 bits per heavy atom. The third-order valence-electron chi connectivity index (χ3n) is 4.19. The number of likely N-dealkylation sites (N-methyl/N-ethyl adjacent to an activating group) is 1. The van der Waals surface area contributed by atoms with Gasteiger partial charge in [-0.1, -0.05) is 0 Å². The molecular weight excluding hydrogens is 423 g/mol. The van der Waals surface area contributed by atoms with Crippen LogP contribution in [0.4, 0.5) is 5.82 Å². The van der Waals surface area contributed by atoms with Crippen molar-refractivity contribution in [3.63, 3.8) is 0 Å². The molecular formula is C15H27N6O8P. The summed E-state index contributed by atoms with van der Waals surface area (Å²) in [4.78, 5) is 30.1. The number of aliphatic hydroxyl groups excluding tert-OH is 3. The molecule has 0 amide bonds. The van der Waals surface area contributed by atoms with Crippen molar-refractivity contribution in [3.8, 4) is 0 Å². The summed E-state index contributed by atoms with van der Waals surface area (Å²) in [5.74, 6) is 0.218. The molecule has 0 aromatic carbocycles. The first-order valence-corrected chi connectivity index (χ1v) is 10.4. The number of hydrogen-bond donors (Lipinski definition) is 5. The summed E-state index contributed by atoms with van der Waals surface area (Å²) >= 11 is 0. The average Bonchev–Trinajstić information content (AvgIpc) is 3.16. The van der Waals surface area contributed by atoms with Crippen molar-refractivity contribution in [2.75, 3.05) is 46.6 Å². The molecule has 2 aromatic heterocycles. The first-order chi connectivity index (χ1) is 13.8. The lowest BCUT2D eigenvalue weighted by Crippen LogP contribution is -2.37. The molecule has 0 bridgehead atoms. The fourth-order valence-corrected chi connectivity index (χ4v) is 2.91. The van der Waals surface area contributed by atoms with Gasteiger partial charge in [0.25, 0.3) is 7.82 Å². The van der Waals surface area contributed by atoms with E-state index in [1.807, 2.05) is 21.1 Å². The van der Waals surface area contributed by atoms with Gasteiger partial charge in [0, 0.05) is 0 Å². The van der Waals surface area contributed by atoms with Crippen molar-refractivity contribution in [2.45, 2.75) is 24.5 Å². The summed E-state index contributed by atoms with van der Waals surface area (Å²) in [5.41, 5.74) is 6.44. The van der Waals surface area contributed by atoms with Crippen LogP contribution in [0.15, 0.2) is 12.7 Å². The van der Waals surface area contributed by atoms with Crippen molar-refractivity contribution in [1.82, 2.24) is 19.5 Å². The number of nitrogen functional groups attached to an aromatic ring is 1. The first-order valence-electron chi connectivity index (χ1n) is 8.88. The number of imidazole rings is 1. The van der Waals surface area contributed by atoms with Gasteiger partial charge < -0.3 is 44.6 Å². The number of ether oxygens (including phenoxy) is 1. The molecule has 1 aliphatic heterocycles. The zero-order valence-electron chi connectivity index (χ0n) is 16.8. The molecule has 0 saturated carbocycles. The van der Waals surface area contributed by atoms with Crippen LogP contribution in [0.25, 0.3) is 11.2 Å². The smallest absolute Gasteiger partial charge is 0.265 e. The molecule has 0 aliphatic carbocycles. The maximum Gasteiger partial charge on any atom is 0.265 e. The molecule has 2 aromatic rings. The fraction of sp³-hybridized carbons (Fsp3) is 0.667. The minimum absolute atomic E-state index is 0.0147. The number of phosphoric ester groups is 1. The Labute approximate surface area is 172 Å². The van der Waals surface area contributed by atoms with E-state index in [2.05, 4.69) is 19.5 Å². The second kappa shape index (κ2) is 9.60. The number of nitrogens with two attached hydrogens (primary N) is 1. The van der Waals surface area contributed by atoms with Crippen LogP contribution in [0.5, 0.6) is 0 Å². The monoisotopic (exact) mass is 450 g/mol. The van der Waals surface area contributed by atoms with Gasteiger partial charge in [-0.3, -0.25) is 9.13 Å². The quantitative estimate of drug-likeness (QED) is 0.223. The number of fused-ring (bicyclic) bond motifs is 1. The van der Waals surface area contributed by atoms with Gasteiger partial charge in [-0.25, -0.2) is 15.0 Å². The maximum absolute atomic E-state index is 10.1. The van der Waals surface area contributed by atoms with Crippen LogP contribution < -0.4 is 10.6 Å². The summed E-state index contributed by atoms with van der Waals surface area (Å²) in [7, 11) is 1.19. The Balaban J connectivity index is 0.000000252. The van der Waals surface area contributed by atoms with Crippen LogP contribution in [0.2, 0.25) is 0 Å². The molecule has 1 fully saturated rings. The molecule has 6 N–H and O–H groups in total. The lowest BCUT2D eigenvalue weighted by molar-refractivity contribution is -0.870. The van der Waals surface area contributed by atoms with Gasteiger partial charge >= 0.3 is 0 Å². The second-order valence-electron chi connectivity index (χ2n) is 7.63. The van der Waals surface area contributed by atoms with Crippen LogP contribution >= 0.6 is 7.82 Å². The third-order valence-corrected chi connectivity index (χ3v) is 4.70. The number of phosphoric acid groups is 1. The summed E-state index contributed by atoms with van der Waals surface area (Å²) in [6.45, 7) is 0.159. The summed E-state index contributed by atoms with van der Waals surface area (Å²) in [6, 6.07) is 0. The lowest BCUT2D eigenvalue weighted by atomic mass is 10.1. The molecule has 3 heterocycles. The van der Waals surface area contributed by atoms with E-state index in [-0.39, 0.29) is 12.4 Å². The van der Waals surface area contributed by atoms with E-state index in [1.54, 1.807) is 0 Å². The third kappa shape index (κ3) is 6.38. The zero-order valence-corrected chi connectivity index (χ0v) is 17.7. The minimum Gasteiger partial charge on any atom is -0.756 e. The summed E-state index contributed by atoms with van der Waals surface area (Å²) < 4.78 is 21.7. The van der Waals surface area contributed by atoms with Crippen LogP contribution in [0.1, 0.15) is 6.23 Å². The zero-order chi connectivity index (χ0) is 22.7. The van der Waals surface area contributed by atoms with E-state index in [9.17, 15) is 19.7 Å². The van der Waals surface area contributed by atoms with E-state index in [0.29, 0.717) is 22.2 Å². The number of hydrogen-bond acceptors (Lipinski definition) is 11. The molecule has 170 valence electrons. The molecule has 5 atom stereocenters. The summed E-state index contributed by atoms with van der Waals surface area (Å²) in [5, 5.41) is 28.7. The van der Waals surface area contributed by atoms with E-state index < -0.39 is 39.0 Å². The summed E-state index contributed by atoms with van der Waals surface area (Å²) in [6.07, 6.45) is -1.42. The molecule has 1 unspecified atom stereocenters. The average molecular weight is 450 g/mol. The number of aliphatic hydroxyl groups is 3. The van der Waals surface area contributed by atoms with Crippen molar-refractivity contribution in [2.24, 2.45) is 0 Å². The Kier molecular flexibility index (Phi) is 7.85. The van der Waals surface area contributed by atoms with Crippen LogP contribution in [-0.4, -0.2) is 103 Å². The van der Waals surface area contributed by atoms with Crippen LogP contribution in [-0.2, 0) is 13.8 Å². The molecule has 30 heavy (non-hydrogen) atoms. The normalized spacial score (nSPS) is 26.3. The largest absolute Gasteiger partial charge is 0.756 e. The van der Waals surface area contributed by atoms with Gasteiger partial charge in [0.15, 0.2) is 17.7 Å². The Bertz CT molecular complexity index is 884. The minimum atomic E-state index is -4.51. The standard InChI is InChI=1S/C10H13N5O4.C5H14NO4P/c11-8-5-9(13-2-12-8)15(3-14-5)10-7(18)6(17)4(1-16)19-10;1-6(2,3)4-5-10-11(7,8)9/h2-4,6-7,10,16-18H,1H2,(H2,11,12,13);4-5H2,1-3H3,(H-,7,8,9)/t4-,6-,7-,10-;/m1./s1. The Morgan fingerprint density at radius 1 is 1.30 bits per heavy atom. The van der Waals surface area contributed by atoms with E-state index >= 15 is 0 Å². The van der Waals surface area contributed by atoms with E-state index in [1.165, 1.54) is 17.2 Å². The van der Waals surface area contributed by atoms with Crippen molar-refractivity contribution < 1.29 is 43.4 Å². The number of rotatable bonds is 6. The molecule has 0 spiro atoms. The van der Waals surface area contributed by atoms with E-state index in [0.717, 1.165) is 0 Å². The van der Waals surface area contributed by atoms with Crippen molar-refractivity contribution >= 4 is 24.8 Å². The Hall–Kier alpha value is -1.74. The molecule has 15 heteroatoms. The maximum atomic E-state index is 10.1. The fourth-order valence-electron chi connectivity index (χ4n) is 2.60. The van der Waals surface area contributed by atoms with Crippen molar-refractivity contribution in [1.29, 1.82) is 0 Å². The molecule has 14 nitrogen and oxygen atoms in total. The highest BCUT2D eigenvalue weighted by atomic mass is 31.2. The molecule has 3 rings (SSSR count). The van der Waals surface area contributed by atoms with E-state index in [4.69, 9.17) is 20.5 Å². The second-order valence-corrected chi connectivity index (χ2v) is 8.82. The predicted molar refractivity (Wildman–Crippen MR) is 101 cm³/mol. The number of aromatic nitrogens is 4. The Morgan fingerprint density at radius 3 is 2.50 bits per heavy atom. The van der Waals surface area contributed by atoms with Gasteiger partial charge in [0.05, 0.1) is 34.1 Å².